The van der Waals surface area contributed by atoms with Crippen molar-refractivity contribution in [1.29, 1.82) is 0 Å². The molecule has 3 aromatic rings. The van der Waals surface area contributed by atoms with Crippen molar-refractivity contribution in [3.8, 4) is 0 Å². The first-order valence-corrected chi connectivity index (χ1v) is 15.1. The van der Waals surface area contributed by atoms with E-state index in [9.17, 15) is 17.2 Å². The van der Waals surface area contributed by atoms with Gasteiger partial charge < -0.3 is 0 Å². The van der Waals surface area contributed by atoms with Gasteiger partial charge in [-0.25, -0.2) is 17.2 Å². The lowest BCUT2D eigenvalue weighted by atomic mass is 9.91. The molecule has 0 saturated carbocycles. The molecule has 5 rings (SSSR count). The summed E-state index contributed by atoms with van der Waals surface area (Å²) < 4.78 is 53.3. The number of rotatable bonds is 7. The van der Waals surface area contributed by atoms with Crippen LogP contribution in [0.1, 0.15) is 47.6 Å². The van der Waals surface area contributed by atoms with Gasteiger partial charge in [-0.05, 0) is 78.0 Å². The molecule has 0 bridgehead atoms. The van der Waals surface area contributed by atoms with Gasteiger partial charge in [0.15, 0.2) is 9.84 Å². The van der Waals surface area contributed by atoms with Crippen molar-refractivity contribution in [3.05, 3.63) is 111 Å². The quantitative estimate of drug-likeness (QED) is 0.335. The maximum absolute atomic E-state index is 13.9. The second-order valence-electron chi connectivity index (χ2n) is 10.3. The van der Waals surface area contributed by atoms with Gasteiger partial charge in [-0.15, -0.1) is 0 Å². The molecule has 0 aromatic heterocycles. The molecule has 0 N–H and O–H groups in total. The van der Waals surface area contributed by atoms with Crippen molar-refractivity contribution in [2.24, 2.45) is 0 Å². The molecule has 8 heteroatoms. The molecule has 200 valence electrons. The molecule has 0 unspecified atom stereocenters. The van der Waals surface area contributed by atoms with Crippen molar-refractivity contribution < 1.29 is 17.2 Å². The minimum atomic E-state index is -3.72. The normalized spacial score (nSPS) is 17.7. The molecule has 2 fully saturated rings. The second-order valence-corrected chi connectivity index (χ2v) is 12.7. The third kappa shape index (κ3) is 6.18. The lowest BCUT2D eigenvalue weighted by molar-refractivity contribution is 0.203. The summed E-state index contributed by atoms with van der Waals surface area (Å²) in [7, 11) is -3.72. The Morgan fingerprint density at radius 2 is 1.42 bits per heavy atom. The van der Waals surface area contributed by atoms with E-state index in [1.54, 1.807) is 0 Å². The standard InChI is InChI=1S/C30H31ClF2N2O2S/c1-38(36,37)30(24-15-27(32)17-28(33)16-24)25-19-35(20-25)29(23-9-11-26(31)12-10-23)22-7-5-21(6-8-22)18-34-13-3-2-4-14-34/h5-12,15-17,29H,2-4,13-14,18-20H2,1H3/t29-/m1/s1. The predicted octanol–water partition coefficient (Wildman–Crippen LogP) is 6.47. The smallest absolute Gasteiger partial charge is 0.176 e. The average Bonchev–Trinajstić information content (AvgIpc) is 2.84. The van der Waals surface area contributed by atoms with Crippen LogP contribution < -0.4 is 0 Å². The Balaban J connectivity index is 1.44. The molecule has 0 spiro atoms. The largest absolute Gasteiger partial charge is 0.299 e. The number of likely N-dealkylation sites (tertiary alicyclic amines) is 2. The first kappa shape index (κ1) is 27.0. The summed E-state index contributed by atoms with van der Waals surface area (Å²) in [5, 5.41) is 0.640. The van der Waals surface area contributed by atoms with Crippen LogP contribution in [0.3, 0.4) is 0 Å². The van der Waals surface area contributed by atoms with E-state index in [1.165, 1.54) is 24.8 Å². The van der Waals surface area contributed by atoms with Crippen LogP contribution >= 0.6 is 11.6 Å². The van der Waals surface area contributed by atoms with Crippen LogP contribution in [0.15, 0.2) is 72.3 Å². The maximum atomic E-state index is 13.9. The SMILES string of the molecule is CS(=O)(=O)C(=C1CN([C@@H](c2ccc(Cl)cc2)c2ccc(CN3CCCCC3)cc2)C1)c1cc(F)cc(F)c1. The van der Waals surface area contributed by atoms with Crippen LogP contribution in [0.25, 0.3) is 4.91 Å². The average molecular weight is 557 g/mol. The van der Waals surface area contributed by atoms with E-state index in [1.807, 2.05) is 24.3 Å². The highest BCUT2D eigenvalue weighted by molar-refractivity contribution is 8.00. The number of hydrogen-bond donors (Lipinski definition) is 0. The number of halogens is 3. The number of piperidine rings is 1. The fourth-order valence-corrected chi connectivity index (χ4v) is 6.90. The summed E-state index contributed by atoms with van der Waals surface area (Å²) in [6, 6.07) is 19.1. The first-order chi connectivity index (χ1) is 18.2. The molecule has 38 heavy (non-hydrogen) atoms. The van der Waals surface area contributed by atoms with Crippen molar-refractivity contribution >= 4 is 26.3 Å². The Hall–Kier alpha value is -2.58. The van der Waals surface area contributed by atoms with Gasteiger partial charge in [-0.1, -0.05) is 54.4 Å². The maximum Gasteiger partial charge on any atom is 0.176 e. The summed E-state index contributed by atoms with van der Waals surface area (Å²) in [6.45, 7) is 3.93. The number of hydrogen-bond acceptors (Lipinski definition) is 4. The molecule has 1 atom stereocenters. The van der Waals surface area contributed by atoms with Crippen molar-refractivity contribution in [2.75, 3.05) is 32.4 Å². The molecule has 2 saturated heterocycles. The summed E-state index contributed by atoms with van der Waals surface area (Å²) in [6.07, 6.45) is 4.89. The zero-order valence-corrected chi connectivity index (χ0v) is 22.9. The molecule has 2 aliphatic heterocycles. The van der Waals surface area contributed by atoms with Crippen LogP contribution in [0, 0.1) is 11.6 Å². The van der Waals surface area contributed by atoms with E-state index in [-0.39, 0.29) is 16.5 Å². The summed E-state index contributed by atoms with van der Waals surface area (Å²) in [4.78, 5) is 4.65. The predicted molar refractivity (Wildman–Crippen MR) is 149 cm³/mol. The molecule has 0 radical (unpaired) electrons. The third-order valence-corrected chi connectivity index (χ3v) is 8.82. The van der Waals surface area contributed by atoms with Gasteiger partial charge in [-0.2, -0.15) is 0 Å². The first-order valence-electron chi connectivity index (χ1n) is 12.9. The Morgan fingerprint density at radius 3 is 1.97 bits per heavy atom. The van der Waals surface area contributed by atoms with Crippen LogP contribution in [0.5, 0.6) is 0 Å². The minimum absolute atomic E-state index is 0.00103. The molecule has 0 amide bonds. The van der Waals surface area contributed by atoms with Gasteiger partial charge >= 0.3 is 0 Å². The van der Waals surface area contributed by atoms with Crippen molar-refractivity contribution in [3.63, 3.8) is 0 Å². The van der Waals surface area contributed by atoms with Gasteiger partial charge in [0.25, 0.3) is 0 Å². The lowest BCUT2D eigenvalue weighted by Gasteiger charge is -2.42. The van der Waals surface area contributed by atoms with E-state index in [0.717, 1.165) is 55.2 Å². The molecular weight excluding hydrogens is 526 g/mol. The molecule has 0 aliphatic carbocycles. The Kier molecular flexibility index (Phi) is 8.00. The van der Waals surface area contributed by atoms with E-state index < -0.39 is 21.5 Å². The highest BCUT2D eigenvalue weighted by atomic mass is 35.5. The van der Waals surface area contributed by atoms with E-state index >= 15 is 0 Å². The Bertz CT molecular complexity index is 1410. The fraction of sp³-hybridized carbons (Fsp3) is 0.333. The van der Waals surface area contributed by atoms with Gasteiger partial charge in [0.05, 0.1) is 10.9 Å². The molecule has 2 heterocycles. The molecule has 3 aromatic carbocycles. The van der Waals surface area contributed by atoms with Gasteiger partial charge in [0.2, 0.25) is 0 Å². The topological polar surface area (TPSA) is 40.6 Å². The minimum Gasteiger partial charge on any atom is -0.299 e. The van der Waals surface area contributed by atoms with E-state index in [0.29, 0.717) is 23.7 Å². The Labute approximate surface area is 228 Å². The second kappa shape index (κ2) is 11.3. The van der Waals surface area contributed by atoms with Crippen molar-refractivity contribution in [2.45, 2.75) is 31.8 Å². The zero-order valence-electron chi connectivity index (χ0n) is 21.3. The number of benzene rings is 3. The molecular formula is C30H31ClF2N2O2S. The van der Waals surface area contributed by atoms with Crippen LogP contribution in [0.2, 0.25) is 5.02 Å². The summed E-state index contributed by atoms with van der Waals surface area (Å²) in [5.41, 5.74) is 4.08. The molecule has 4 nitrogen and oxygen atoms in total. The van der Waals surface area contributed by atoms with Crippen LogP contribution in [-0.4, -0.2) is 50.7 Å². The number of nitrogens with zero attached hydrogens (tertiary/aromatic N) is 2. The summed E-state index contributed by atoms with van der Waals surface area (Å²) >= 11 is 6.16. The fourth-order valence-electron chi connectivity index (χ4n) is 5.58. The highest BCUT2D eigenvalue weighted by Gasteiger charge is 2.35. The van der Waals surface area contributed by atoms with Crippen molar-refractivity contribution in [1.82, 2.24) is 9.80 Å². The Morgan fingerprint density at radius 1 is 0.868 bits per heavy atom. The highest BCUT2D eigenvalue weighted by Crippen LogP contribution is 2.39. The van der Waals surface area contributed by atoms with E-state index in [2.05, 4.69) is 34.1 Å². The monoisotopic (exact) mass is 556 g/mol. The van der Waals surface area contributed by atoms with Gasteiger partial charge in [0.1, 0.15) is 11.6 Å². The summed E-state index contributed by atoms with van der Waals surface area (Å²) in [5.74, 6) is -1.61. The van der Waals surface area contributed by atoms with Gasteiger partial charge in [0, 0.05) is 37.0 Å². The van der Waals surface area contributed by atoms with Crippen LogP contribution in [-0.2, 0) is 16.4 Å². The van der Waals surface area contributed by atoms with E-state index in [4.69, 9.17) is 11.6 Å². The van der Waals surface area contributed by atoms with Crippen LogP contribution in [0.4, 0.5) is 8.78 Å². The lowest BCUT2D eigenvalue weighted by Crippen LogP contribution is -2.44. The van der Waals surface area contributed by atoms with Gasteiger partial charge in [-0.3, -0.25) is 9.80 Å². The zero-order chi connectivity index (χ0) is 26.9. The number of sulfone groups is 1. The molecule has 2 aliphatic rings. The third-order valence-electron chi connectivity index (χ3n) is 7.31.